The highest BCUT2D eigenvalue weighted by Gasteiger charge is 2.08. The number of nitrogens with one attached hydrogen (secondary N) is 1. The van der Waals surface area contributed by atoms with Crippen LogP contribution in [-0.4, -0.2) is 10.1 Å². The first-order valence-corrected chi connectivity index (χ1v) is 3.01. The third-order valence-electron chi connectivity index (χ3n) is 1.45. The van der Waals surface area contributed by atoms with Crippen LogP contribution in [0.1, 0.15) is 12.7 Å². The predicted molar refractivity (Wildman–Crippen MR) is 33.0 cm³/mol. The summed E-state index contributed by atoms with van der Waals surface area (Å²) in [7, 11) is 1.82. The number of aryl methyl sites for hydroxylation is 1. The summed E-state index contributed by atoms with van der Waals surface area (Å²) in [5.41, 5.74) is 0. The van der Waals surface area contributed by atoms with E-state index in [1.54, 1.807) is 10.8 Å². The van der Waals surface area contributed by atoms with Crippen LogP contribution in [0.15, 0.2) is 6.20 Å². The molecule has 0 aliphatic heterocycles. The lowest BCUT2D eigenvalue weighted by Gasteiger charge is -1.86. The molecule has 0 radical (unpaired) electrons. The van der Waals surface area contributed by atoms with E-state index in [1.165, 1.54) is 0 Å². The first-order valence-electron chi connectivity index (χ1n) is 3.01. The second kappa shape index (κ2) is 2.09. The van der Waals surface area contributed by atoms with E-state index in [4.69, 9.17) is 5.11 Å². The lowest BCUT2D eigenvalue weighted by Crippen LogP contribution is -2.30. The van der Waals surface area contributed by atoms with Gasteiger partial charge in [-0.05, 0) is 0 Å². The standard InChI is InChI=1S/C6H10N2O/c1-3-5-7-4-6(9)8(5)2/h4,9H,3H2,1-2H3/p+1. The molecule has 0 aliphatic carbocycles. The molecule has 1 aromatic rings. The van der Waals surface area contributed by atoms with Gasteiger partial charge in [-0.25, -0.2) is 9.55 Å². The Hall–Kier alpha value is -0.990. The molecule has 0 saturated carbocycles. The Labute approximate surface area is 54.0 Å². The summed E-state index contributed by atoms with van der Waals surface area (Å²) in [6.45, 7) is 2.03. The fourth-order valence-corrected chi connectivity index (χ4v) is 0.819. The van der Waals surface area contributed by atoms with Crippen molar-refractivity contribution in [3.63, 3.8) is 0 Å². The zero-order chi connectivity index (χ0) is 6.85. The summed E-state index contributed by atoms with van der Waals surface area (Å²) in [6.07, 6.45) is 2.50. The fraction of sp³-hybridized carbons (Fsp3) is 0.500. The Morgan fingerprint density at radius 2 is 2.44 bits per heavy atom. The van der Waals surface area contributed by atoms with Gasteiger partial charge >= 0.3 is 5.88 Å². The van der Waals surface area contributed by atoms with Crippen molar-refractivity contribution in [1.82, 2.24) is 4.98 Å². The van der Waals surface area contributed by atoms with Crippen LogP contribution in [0.2, 0.25) is 0 Å². The van der Waals surface area contributed by atoms with Gasteiger partial charge in [0.15, 0.2) is 6.20 Å². The van der Waals surface area contributed by atoms with Gasteiger partial charge in [0.1, 0.15) is 0 Å². The summed E-state index contributed by atoms with van der Waals surface area (Å²) in [6, 6.07) is 0. The molecule has 0 bridgehead atoms. The van der Waals surface area contributed by atoms with Crippen molar-refractivity contribution in [3.8, 4) is 5.88 Å². The van der Waals surface area contributed by atoms with E-state index >= 15 is 0 Å². The first-order chi connectivity index (χ1) is 4.25. The summed E-state index contributed by atoms with van der Waals surface area (Å²) in [4.78, 5) is 2.94. The van der Waals surface area contributed by atoms with Gasteiger partial charge < -0.3 is 5.11 Å². The van der Waals surface area contributed by atoms with E-state index in [0.29, 0.717) is 0 Å². The van der Waals surface area contributed by atoms with Crippen LogP contribution in [0.4, 0.5) is 0 Å². The normalized spacial score (nSPS) is 10.0. The van der Waals surface area contributed by atoms with Gasteiger partial charge in [-0.3, -0.25) is 0 Å². The minimum Gasteiger partial charge on any atom is -0.475 e. The maximum absolute atomic E-state index is 9.00. The molecule has 0 atom stereocenters. The van der Waals surface area contributed by atoms with Gasteiger partial charge in [-0.15, -0.1) is 0 Å². The molecule has 0 fully saturated rings. The van der Waals surface area contributed by atoms with Crippen LogP contribution < -0.4 is 4.57 Å². The van der Waals surface area contributed by atoms with Crippen molar-refractivity contribution in [2.45, 2.75) is 13.3 Å². The number of hydrogen-bond acceptors (Lipinski definition) is 1. The number of H-pyrrole nitrogens is 1. The van der Waals surface area contributed by atoms with Gasteiger partial charge in [-0.1, -0.05) is 6.92 Å². The highest BCUT2D eigenvalue weighted by molar-refractivity contribution is 4.93. The van der Waals surface area contributed by atoms with Gasteiger partial charge in [0.25, 0.3) is 5.82 Å². The fourth-order valence-electron chi connectivity index (χ4n) is 0.819. The van der Waals surface area contributed by atoms with Gasteiger partial charge in [0.2, 0.25) is 0 Å². The van der Waals surface area contributed by atoms with Crippen LogP contribution >= 0.6 is 0 Å². The zero-order valence-corrected chi connectivity index (χ0v) is 5.68. The van der Waals surface area contributed by atoms with Crippen LogP contribution in [0.5, 0.6) is 5.88 Å². The lowest BCUT2D eigenvalue weighted by atomic mass is 10.5. The van der Waals surface area contributed by atoms with Crippen molar-refractivity contribution in [3.05, 3.63) is 12.0 Å². The molecule has 2 N–H and O–H groups in total. The average molecular weight is 127 g/mol. The van der Waals surface area contributed by atoms with E-state index in [9.17, 15) is 0 Å². The van der Waals surface area contributed by atoms with Gasteiger partial charge in [0.05, 0.1) is 7.05 Å². The van der Waals surface area contributed by atoms with Crippen LogP contribution in [0.3, 0.4) is 0 Å². The largest absolute Gasteiger partial charge is 0.475 e. The van der Waals surface area contributed by atoms with Crippen LogP contribution in [-0.2, 0) is 13.5 Å². The molecule has 3 nitrogen and oxygen atoms in total. The lowest BCUT2D eigenvalue weighted by molar-refractivity contribution is -0.683. The van der Waals surface area contributed by atoms with Crippen LogP contribution in [0.25, 0.3) is 0 Å². The summed E-state index contributed by atoms with van der Waals surface area (Å²) >= 11 is 0. The molecule has 0 saturated heterocycles. The topological polar surface area (TPSA) is 39.9 Å². The molecule has 1 heterocycles. The highest BCUT2D eigenvalue weighted by Crippen LogP contribution is 1.98. The molecule has 0 aromatic carbocycles. The quantitative estimate of drug-likeness (QED) is 0.516. The zero-order valence-electron chi connectivity index (χ0n) is 5.68. The van der Waals surface area contributed by atoms with Gasteiger partial charge in [-0.2, -0.15) is 0 Å². The van der Waals surface area contributed by atoms with E-state index < -0.39 is 0 Å². The number of aromatic nitrogens is 2. The second-order valence-corrected chi connectivity index (χ2v) is 2.01. The number of nitrogens with zero attached hydrogens (tertiary/aromatic N) is 1. The first kappa shape index (κ1) is 6.13. The van der Waals surface area contributed by atoms with E-state index in [0.717, 1.165) is 12.2 Å². The van der Waals surface area contributed by atoms with E-state index in [1.807, 2.05) is 14.0 Å². The summed E-state index contributed by atoms with van der Waals surface area (Å²) in [5.74, 6) is 1.32. The minimum absolute atomic E-state index is 0.284. The smallest absolute Gasteiger partial charge is 0.321 e. The molecule has 0 amide bonds. The molecular formula is C6H11N2O+. The Kier molecular flexibility index (Phi) is 1.42. The summed E-state index contributed by atoms with van der Waals surface area (Å²) in [5, 5.41) is 9.00. The van der Waals surface area contributed by atoms with Crippen molar-refractivity contribution in [2.75, 3.05) is 0 Å². The monoisotopic (exact) mass is 127 g/mol. The van der Waals surface area contributed by atoms with Crippen molar-refractivity contribution >= 4 is 0 Å². The van der Waals surface area contributed by atoms with E-state index in [2.05, 4.69) is 4.98 Å². The second-order valence-electron chi connectivity index (χ2n) is 2.01. The minimum atomic E-state index is 0.284. The molecule has 9 heavy (non-hydrogen) atoms. The Balaban J connectivity index is 3.04. The van der Waals surface area contributed by atoms with Crippen molar-refractivity contribution in [1.29, 1.82) is 0 Å². The number of aromatic amines is 1. The van der Waals surface area contributed by atoms with Crippen LogP contribution in [0, 0.1) is 0 Å². The molecule has 3 heteroatoms. The van der Waals surface area contributed by atoms with Crippen molar-refractivity contribution < 1.29 is 9.67 Å². The molecular weight excluding hydrogens is 116 g/mol. The maximum Gasteiger partial charge on any atom is 0.321 e. The SMILES string of the molecule is CCc1[nH]cc(O)[n+]1C. The number of aromatic hydroxyl groups is 1. The molecule has 0 aliphatic rings. The molecule has 0 spiro atoms. The Bertz CT molecular complexity index is 205. The number of imidazole rings is 1. The maximum atomic E-state index is 9.00. The Morgan fingerprint density at radius 3 is 2.67 bits per heavy atom. The van der Waals surface area contributed by atoms with E-state index in [-0.39, 0.29) is 5.88 Å². The average Bonchev–Trinajstić information content (AvgIpc) is 2.15. The van der Waals surface area contributed by atoms with Crippen molar-refractivity contribution in [2.24, 2.45) is 7.05 Å². The third kappa shape index (κ3) is 0.896. The molecule has 50 valence electrons. The predicted octanol–water partition coefficient (Wildman–Crippen LogP) is 0.107. The Morgan fingerprint density at radius 1 is 1.78 bits per heavy atom. The third-order valence-corrected chi connectivity index (χ3v) is 1.45. The molecule has 1 rings (SSSR count). The number of rotatable bonds is 1. The summed E-state index contributed by atoms with van der Waals surface area (Å²) < 4.78 is 1.72. The molecule has 1 aromatic heterocycles. The highest BCUT2D eigenvalue weighted by atomic mass is 16.3. The van der Waals surface area contributed by atoms with Gasteiger partial charge in [0, 0.05) is 6.42 Å². The molecule has 0 unspecified atom stereocenters. The number of hydrogen-bond donors (Lipinski definition) is 2.